The van der Waals surface area contributed by atoms with Crippen molar-refractivity contribution in [2.24, 2.45) is 7.05 Å². The molecule has 0 spiro atoms. The van der Waals surface area contributed by atoms with Gasteiger partial charge in [0.15, 0.2) is 0 Å². The summed E-state index contributed by atoms with van der Waals surface area (Å²) in [5.41, 5.74) is 1.77. The average Bonchev–Trinajstić information content (AvgIpc) is 3.24. The van der Waals surface area contributed by atoms with Crippen molar-refractivity contribution >= 4 is 38.3 Å². The maximum absolute atomic E-state index is 13.3. The lowest BCUT2D eigenvalue weighted by Crippen LogP contribution is -2.30. The molecule has 0 saturated heterocycles. The van der Waals surface area contributed by atoms with Crippen LogP contribution in [-0.4, -0.2) is 23.8 Å². The molecular formula is C26H18F6N2. The predicted molar refractivity (Wildman–Crippen MR) is 121 cm³/mol. The van der Waals surface area contributed by atoms with Gasteiger partial charge in [-0.05, 0) is 23.8 Å². The summed E-state index contributed by atoms with van der Waals surface area (Å²) < 4.78 is 81.9. The molecule has 1 aliphatic carbocycles. The van der Waals surface area contributed by atoms with E-state index < -0.39 is 29.4 Å². The summed E-state index contributed by atoms with van der Waals surface area (Å²) in [4.78, 5) is 1.98. The van der Waals surface area contributed by atoms with Crippen LogP contribution in [0.2, 0.25) is 0 Å². The first-order valence-corrected chi connectivity index (χ1v) is 10.7. The Balaban J connectivity index is 1.61. The van der Waals surface area contributed by atoms with E-state index in [0.29, 0.717) is 16.3 Å². The number of allylic oxidation sites excluding steroid dienone is 2. The van der Waals surface area contributed by atoms with Gasteiger partial charge in [0.1, 0.15) is 0 Å². The van der Waals surface area contributed by atoms with Gasteiger partial charge in [0.2, 0.25) is 0 Å². The summed E-state index contributed by atoms with van der Waals surface area (Å²) in [7, 11) is 3.68. The molecule has 0 N–H and O–H groups in total. The van der Waals surface area contributed by atoms with E-state index in [9.17, 15) is 26.3 Å². The van der Waals surface area contributed by atoms with Crippen molar-refractivity contribution < 1.29 is 26.3 Å². The number of likely N-dealkylation sites (N-methyl/N-ethyl adjacent to an activating group) is 1. The predicted octanol–water partition coefficient (Wildman–Crippen LogP) is 7.46. The zero-order chi connectivity index (χ0) is 24.2. The van der Waals surface area contributed by atoms with E-state index in [2.05, 4.69) is 0 Å². The number of aromatic nitrogens is 1. The monoisotopic (exact) mass is 472 g/mol. The Hall–Kier alpha value is -3.42. The van der Waals surface area contributed by atoms with Crippen LogP contribution in [0.4, 0.5) is 32.0 Å². The second-order valence-electron chi connectivity index (χ2n) is 8.96. The van der Waals surface area contributed by atoms with Crippen molar-refractivity contribution in [1.29, 1.82) is 0 Å². The molecule has 0 fully saturated rings. The van der Waals surface area contributed by atoms with Crippen LogP contribution in [0, 0.1) is 0 Å². The number of benzene rings is 3. The molecule has 1 aromatic heterocycles. The number of nitrogens with zero attached hydrogens (tertiary/aromatic N) is 2. The lowest BCUT2D eigenvalue weighted by molar-refractivity contribution is -0.137. The molecule has 2 unspecified atom stereocenters. The first-order valence-electron chi connectivity index (χ1n) is 10.7. The van der Waals surface area contributed by atoms with Crippen LogP contribution in [0.5, 0.6) is 0 Å². The fraction of sp³-hybridized carbons (Fsp3) is 0.231. The molecule has 0 amide bonds. The van der Waals surface area contributed by atoms with Gasteiger partial charge in [0.05, 0.1) is 22.7 Å². The lowest BCUT2D eigenvalue weighted by Gasteiger charge is -2.26. The van der Waals surface area contributed by atoms with Crippen LogP contribution in [-0.2, 0) is 13.2 Å². The molecule has 0 bridgehead atoms. The Morgan fingerprint density at radius 1 is 0.765 bits per heavy atom. The lowest BCUT2D eigenvalue weighted by atomic mass is 9.87. The molecule has 0 radical (unpaired) electrons. The third-order valence-electron chi connectivity index (χ3n) is 7.17. The first kappa shape index (κ1) is 21.1. The first-order chi connectivity index (χ1) is 16.0. The standard InChI is InChI=1S/C26H18F6N2/c1-33-21-9-3-13(25(27,28)29)11-19(21)17-7-6-16-15(23(17)33)5-8-18-20-12-14(26(30,31)32)4-10-22(20)34(2)24(16)18/h3-12,19,21H,1-2H3. The normalized spacial score (nSPS) is 20.4. The Morgan fingerprint density at radius 3 is 2.15 bits per heavy atom. The molecule has 2 aliphatic rings. The molecule has 34 heavy (non-hydrogen) atoms. The summed E-state index contributed by atoms with van der Waals surface area (Å²) >= 11 is 0. The van der Waals surface area contributed by atoms with E-state index in [1.807, 2.05) is 47.8 Å². The van der Waals surface area contributed by atoms with E-state index in [-0.39, 0.29) is 6.04 Å². The quantitative estimate of drug-likeness (QED) is 0.241. The van der Waals surface area contributed by atoms with Gasteiger partial charge >= 0.3 is 12.4 Å². The number of alkyl halides is 6. The highest BCUT2D eigenvalue weighted by atomic mass is 19.4. The van der Waals surface area contributed by atoms with Crippen LogP contribution >= 0.6 is 0 Å². The minimum Gasteiger partial charge on any atom is -0.366 e. The molecule has 2 atom stereocenters. The van der Waals surface area contributed by atoms with E-state index >= 15 is 0 Å². The van der Waals surface area contributed by atoms with Gasteiger partial charge in [-0.2, -0.15) is 26.3 Å². The molecule has 0 saturated carbocycles. The third kappa shape index (κ3) is 2.77. The third-order valence-corrected chi connectivity index (χ3v) is 7.17. The Morgan fingerprint density at radius 2 is 1.44 bits per heavy atom. The van der Waals surface area contributed by atoms with Crippen molar-refractivity contribution in [2.75, 3.05) is 11.9 Å². The van der Waals surface area contributed by atoms with Crippen molar-refractivity contribution in [3.05, 3.63) is 77.4 Å². The van der Waals surface area contributed by atoms with Crippen molar-refractivity contribution in [1.82, 2.24) is 4.57 Å². The van der Waals surface area contributed by atoms with Crippen molar-refractivity contribution in [3.8, 4) is 0 Å². The van der Waals surface area contributed by atoms with E-state index in [0.717, 1.165) is 39.7 Å². The van der Waals surface area contributed by atoms with Crippen LogP contribution in [0.1, 0.15) is 17.0 Å². The van der Waals surface area contributed by atoms with Gasteiger partial charge in [0, 0.05) is 52.8 Å². The van der Waals surface area contributed by atoms with Crippen LogP contribution in [0.25, 0.3) is 32.6 Å². The molecule has 6 rings (SSSR count). The van der Waals surface area contributed by atoms with Crippen molar-refractivity contribution in [2.45, 2.75) is 24.3 Å². The van der Waals surface area contributed by atoms with Gasteiger partial charge < -0.3 is 9.47 Å². The summed E-state index contributed by atoms with van der Waals surface area (Å²) in [5, 5.41) is 2.92. The molecule has 4 aromatic rings. The summed E-state index contributed by atoms with van der Waals surface area (Å²) in [6, 6.07) is 10.9. The van der Waals surface area contributed by atoms with Gasteiger partial charge in [0.25, 0.3) is 0 Å². The summed E-state index contributed by atoms with van der Waals surface area (Å²) in [6.45, 7) is 0. The highest BCUT2D eigenvalue weighted by Crippen LogP contribution is 2.50. The molecule has 8 heteroatoms. The average molecular weight is 472 g/mol. The van der Waals surface area contributed by atoms with E-state index in [1.54, 1.807) is 6.08 Å². The second kappa shape index (κ2) is 6.58. The Labute approximate surface area is 190 Å². The molecule has 2 nitrogen and oxygen atoms in total. The van der Waals surface area contributed by atoms with Gasteiger partial charge in [-0.3, -0.25) is 0 Å². The minimum absolute atomic E-state index is 0.232. The zero-order valence-corrected chi connectivity index (χ0v) is 18.1. The number of anilines is 1. The van der Waals surface area contributed by atoms with Gasteiger partial charge in [-0.15, -0.1) is 0 Å². The highest BCUT2D eigenvalue weighted by Gasteiger charge is 2.41. The Kier molecular flexibility index (Phi) is 4.09. The summed E-state index contributed by atoms with van der Waals surface area (Å²) in [6.07, 6.45) is -4.85. The fourth-order valence-corrected chi connectivity index (χ4v) is 5.62. The SMILES string of the molecule is CN1c2c(ccc3c2ccc2c4cc(C(F)(F)F)ccc4n(C)c32)C2C=C(C(F)(F)F)C=CC21. The molecule has 174 valence electrons. The molecule has 3 aromatic carbocycles. The van der Waals surface area contributed by atoms with Crippen LogP contribution < -0.4 is 4.90 Å². The van der Waals surface area contributed by atoms with Crippen molar-refractivity contribution in [3.63, 3.8) is 0 Å². The molecule has 1 aliphatic heterocycles. The smallest absolute Gasteiger partial charge is 0.366 e. The zero-order valence-electron chi connectivity index (χ0n) is 18.1. The number of hydrogen-bond acceptors (Lipinski definition) is 1. The number of halogens is 6. The summed E-state index contributed by atoms with van der Waals surface area (Å²) in [5.74, 6) is -0.427. The van der Waals surface area contributed by atoms with Gasteiger partial charge in [-0.1, -0.05) is 42.5 Å². The topological polar surface area (TPSA) is 8.17 Å². The number of aryl methyl sites for hydroxylation is 1. The van der Waals surface area contributed by atoms with Gasteiger partial charge in [-0.25, -0.2) is 0 Å². The Bertz CT molecular complexity index is 1570. The highest BCUT2D eigenvalue weighted by molar-refractivity contribution is 6.20. The van der Waals surface area contributed by atoms with E-state index in [4.69, 9.17) is 0 Å². The number of fused-ring (bicyclic) bond motifs is 9. The fourth-order valence-electron chi connectivity index (χ4n) is 5.62. The number of rotatable bonds is 0. The van der Waals surface area contributed by atoms with Crippen LogP contribution in [0.15, 0.2) is 66.3 Å². The second-order valence-corrected chi connectivity index (χ2v) is 8.96. The molecular weight excluding hydrogens is 454 g/mol. The number of hydrogen-bond donors (Lipinski definition) is 0. The molecule has 2 heterocycles. The van der Waals surface area contributed by atoms with Crippen LogP contribution in [0.3, 0.4) is 0 Å². The largest absolute Gasteiger partial charge is 0.416 e. The van der Waals surface area contributed by atoms with E-state index in [1.165, 1.54) is 18.2 Å². The maximum atomic E-state index is 13.3. The maximum Gasteiger partial charge on any atom is 0.416 e. The minimum atomic E-state index is -4.44.